The Bertz CT molecular complexity index is 460. The lowest BCUT2D eigenvalue weighted by Gasteiger charge is -2.34. The van der Waals surface area contributed by atoms with Gasteiger partial charge in [-0.25, -0.2) is 0 Å². The minimum atomic E-state index is 0.362. The molecule has 0 aliphatic heterocycles. The fraction of sp³-hybridized carbons (Fsp3) is 0.556. The number of hydrogen-bond donors (Lipinski definition) is 0. The van der Waals surface area contributed by atoms with E-state index in [4.69, 9.17) is 0 Å². The summed E-state index contributed by atoms with van der Waals surface area (Å²) in [6.07, 6.45) is 6.66. The highest BCUT2D eigenvalue weighted by Crippen LogP contribution is 2.64. The lowest BCUT2D eigenvalue weighted by atomic mass is 9.70. The first-order chi connectivity index (χ1) is 9.16. The summed E-state index contributed by atoms with van der Waals surface area (Å²) < 4.78 is 0. The zero-order valence-electron chi connectivity index (χ0n) is 11.9. The molecule has 0 N–H and O–H groups in total. The van der Waals surface area contributed by atoms with E-state index in [1.54, 1.807) is 5.56 Å². The fourth-order valence-corrected chi connectivity index (χ4v) is 5.32. The Hall–Kier alpha value is -0.560. The highest BCUT2D eigenvalue weighted by molar-refractivity contribution is 9.11. The van der Waals surface area contributed by atoms with Crippen LogP contribution in [-0.2, 0) is 0 Å². The van der Waals surface area contributed by atoms with Crippen molar-refractivity contribution in [3.8, 4) is 0 Å². The molecule has 102 valence electrons. The molecule has 0 bridgehead atoms. The van der Waals surface area contributed by atoms with E-state index in [0.29, 0.717) is 11.3 Å². The second-order valence-electron chi connectivity index (χ2n) is 6.81. The quantitative estimate of drug-likeness (QED) is 0.651. The Balaban J connectivity index is 2.03. The van der Waals surface area contributed by atoms with Crippen LogP contribution in [0, 0.1) is 23.2 Å². The third-order valence-corrected chi connectivity index (χ3v) is 5.92. The van der Waals surface area contributed by atoms with Crippen molar-refractivity contribution >= 4 is 15.9 Å². The van der Waals surface area contributed by atoms with Crippen LogP contribution in [0.4, 0.5) is 0 Å². The minimum Gasteiger partial charge on any atom is -0.0736 e. The molecule has 1 aromatic carbocycles. The Labute approximate surface area is 125 Å². The van der Waals surface area contributed by atoms with Crippen LogP contribution in [0.3, 0.4) is 0 Å². The van der Waals surface area contributed by atoms with Gasteiger partial charge >= 0.3 is 0 Å². The van der Waals surface area contributed by atoms with Crippen LogP contribution in [0.5, 0.6) is 0 Å². The normalized spacial score (nSPS) is 36.8. The monoisotopic (exact) mass is 318 g/mol. The van der Waals surface area contributed by atoms with E-state index in [9.17, 15) is 0 Å². The maximum Gasteiger partial charge on any atom is -0.00737 e. The molecule has 1 heteroatoms. The van der Waals surface area contributed by atoms with Crippen LogP contribution >= 0.6 is 15.9 Å². The predicted molar refractivity (Wildman–Crippen MR) is 85.4 cm³/mol. The van der Waals surface area contributed by atoms with Gasteiger partial charge in [-0.3, -0.25) is 0 Å². The number of benzene rings is 1. The van der Waals surface area contributed by atoms with Crippen molar-refractivity contribution in [3.05, 3.63) is 47.0 Å². The molecule has 0 spiro atoms. The Kier molecular flexibility index (Phi) is 3.59. The summed E-state index contributed by atoms with van der Waals surface area (Å²) in [4.78, 5) is 2.09. The maximum atomic E-state index is 3.50. The Morgan fingerprint density at radius 3 is 2.47 bits per heavy atom. The lowest BCUT2D eigenvalue weighted by molar-refractivity contribution is 0.238. The predicted octanol–water partition coefficient (Wildman–Crippen LogP) is 5.75. The third kappa shape index (κ3) is 2.11. The zero-order chi connectivity index (χ0) is 13.5. The van der Waals surface area contributed by atoms with Gasteiger partial charge in [0.25, 0.3) is 0 Å². The summed E-state index contributed by atoms with van der Waals surface area (Å²) in [6.45, 7) is 4.95. The Morgan fingerprint density at radius 1 is 1.11 bits per heavy atom. The van der Waals surface area contributed by atoms with Crippen LogP contribution in [0.2, 0.25) is 0 Å². The first kappa shape index (κ1) is 13.4. The fourth-order valence-electron chi connectivity index (χ4n) is 4.99. The molecule has 4 atom stereocenters. The number of fused-ring (bicyclic) bond motifs is 1. The highest BCUT2D eigenvalue weighted by atomic mass is 79.9. The molecule has 0 heterocycles. The van der Waals surface area contributed by atoms with Gasteiger partial charge in [-0.2, -0.15) is 0 Å². The number of rotatable bonds is 2. The molecule has 2 saturated carbocycles. The number of hydrogen-bond acceptors (Lipinski definition) is 0. The van der Waals surface area contributed by atoms with E-state index >= 15 is 0 Å². The summed E-state index contributed by atoms with van der Waals surface area (Å²) in [5, 5.41) is 0. The standard InChI is InChI=1S/C18H23Br/c1-18(2)16(11-12-19)14-9-6-10-15(14)17(18)13-7-4-3-5-8-13/h3-5,7-8,11-12,14-17H,6,9-10H2,1-2H3/b12-11+. The molecule has 4 unspecified atom stereocenters. The molecule has 1 aromatic rings. The second kappa shape index (κ2) is 5.09. The van der Waals surface area contributed by atoms with E-state index in [1.807, 2.05) is 0 Å². The summed E-state index contributed by atoms with van der Waals surface area (Å²) in [5.74, 6) is 3.19. The van der Waals surface area contributed by atoms with Gasteiger partial charge in [0, 0.05) is 0 Å². The van der Waals surface area contributed by atoms with Gasteiger partial charge in [-0.05, 0) is 52.5 Å². The molecule has 0 amide bonds. The van der Waals surface area contributed by atoms with Crippen LogP contribution in [0.15, 0.2) is 41.4 Å². The van der Waals surface area contributed by atoms with E-state index in [0.717, 1.165) is 17.8 Å². The first-order valence-electron chi connectivity index (χ1n) is 7.48. The Morgan fingerprint density at radius 2 is 1.79 bits per heavy atom. The number of halogens is 1. The van der Waals surface area contributed by atoms with Gasteiger partial charge in [0.05, 0.1) is 0 Å². The summed E-state index contributed by atoms with van der Waals surface area (Å²) in [7, 11) is 0. The summed E-state index contributed by atoms with van der Waals surface area (Å²) >= 11 is 3.50. The first-order valence-corrected chi connectivity index (χ1v) is 8.39. The van der Waals surface area contributed by atoms with Crippen molar-refractivity contribution in [2.45, 2.75) is 39.0 Å². The number of allylic oxidation sites excluding steroid dienone is 1. The van der Waals surface area contributed by atoms with E-state index < -0.39 is 0 Å². The molecular formula is C18H23Br. The van der Waals surface area contributed by atoms with Crippen molar-refractivity contribution in [1.29, 1.82) is 0 Å². The van der Waals surface area contributed by atoms with Crippen molar-refractivity contribution in [2.75, 3.05) is 0 Å². The molecule has 0 radical (unpaired) electrons. The lowest BCUT2D eigenvalue weighted by Crippen LogP contribution is -2.25. The van der Waals surface area contributed by atoms with Crippen molar-refractivity contribution in [3.63, 3.8) is 0 Å². The van der Waals surface area contributed by atoms with Crippen LogP contribution in [0.1, 0.15) is 44.6 Å². The van der Waals surface area contributed by atoms with E-state index in [2.05, 4.69) is 71.2 Å². The smallest absolute Gasteiger partial charge is 0.00737 e. The van der Waals surface area contributed by atoms with Gasteiger partial charge in [0.2, 0.25) is 0 Å². The zero-order valence-corrected chi connectivity index (χ0v) is 13.4. The van der Waals surface area contributed by atoms with Crippen LogP contribution in [0.25, 0.3) is 0 Å². The minimum absolute atomic E-state index is 0.362. The molecule has 3 rings (SSSR count). The van der Waals surface area contributed by atoms with Crippen LogP contribution in [-0.4, -0.2) is 0 Å². The highest BCUT2D eigenvalue weighted by Gasteiger charge is 2.55. The molecule has 0 saturated heterocycles. The molecule has 2 fully saturated rings. The summed E-state index contributed by atoms with van der Waals surface area (Å²) in [6, 6.07) is 11.2. The molecule has 2 aliphatic rings. The van der Waals surface area contributed by atoms with Crippen molar-refractivity contribution in [1.82, 2.24) is 0 Å². The van der Waals surface area contributed by atoms with Gasteiger partial charge in [-0.1, -0.05) is 72.6 Å². The summed E-state index contributed by atoms with van der Waals surface area (Å²) in [5.41, 5.74) is 1.91. The molecule has 0 aromatic heterocycles. The van der Waals surface area contributed by atoms with Crippen molar-refractivity contribution in [2.24, 2.45) is 23.2 Å². The van der Waals surface area contributed by atoms with Gasteiger partial charge in [-0.15, -0.1) is 0 Å². The van der Waals surface area contributed by atoms with Crippen molar-refractivity contribution < 1.29 is 0 Å². The van der Waals surface area contributed by atoms with E-state index in [1.165, 1.54) is 19.3 Å². The molecular weight excluding hydrogens is 296 g/mol. The van der Waals surface area contributed by atoms with Crippen LogP contribution < -0.4 is 0 Å². The molecule has 0 nitrogen and oxygen atoms in total. The SMILES string of the molecule is CC1(C)C(/C=C/Br)C2CCCC2C1c1ccccc1. The molecule has 2 aliphatic carbocycles. The topological polar surface area (TPSA) is 0 Å². The average Bonchev–Trinajstić information content (AvgIpc) is 2.92. The van der Waals surface area contributed by atoms with Gasteiger partial charge < -0.3 is 0 Å². The maximum absolute atomic E-state index is 3.50. The van der Waals surface area contributed by atoms with Gasteiger partial charge in [0.15, 0.2) is 0 Å². The average molecular weight is 319 g/mol. The van der Waals surface area contributed by atoms with Gasteiger partial charge in [0.1, 0.15) is 0 Å². The third-order valence-electron chi connectivity index (χ3n) is 5.61. The second-order valence-corrected chi connectivity index (χ2v) is 7.34. The van der Waals surface area contributed by atoms with E-state index in [-0.39, 0.29) is 0 Å². The molecule has 19 heavy (non-hydrogen) atoms. The largest absolute Gasteiger partial charge is 0.0736 e.